The van der Waals surface area contributed by atoms with Crippen molar-refractivity contribution in [2.24, 2.45) is 5.92 Å². The number of piperidine rings is 1. The number of fused-ring (bicyclic) bond motifs is 1. The van der Waals surface area contributed by atoms with Gasteiger partial charge in [0, 0.05) is 57.8 Å². The molecule has 0 spiro atoms. The number of halogens is 2. The van der Waals surface area contributed by atoms with E-state index in [0.717, 1.165) is 48.8 Å². The Balaban J connectivity index is 1.09. The molecule has 3 aliphatic rings. The second-order valence-corrected chi connectivity index (χ2v) is 9.27. The molecule has 2 aromatic carbocycles. The minimum Gasteiger partial charge on any atom is -0.486 e. The highest BCUT2D eigenvalue weighted by Crippen LogP contribution is 2.31. The molecule has 0 atom stereocenters. The van der Waals surface area contributed by atoms with Gasteiger partial charge in [-0.3, -0.25) is 14.5 Å². The minimum absolute atomic E-state index is 0.129. The van der Waals surface area contributed by atoms with Crippen LogP contribution >= 0.6 is 0 Å². The Morgan fingerprint density at radius 3 is 2.26 bits per heavy atom. The van der Waals surface area contributed by atoms with Gasteiger partial charge in [0.25, 0.3) is 5.91 Å². The molecule has 2 saturated heterocycles. The van der Waals surface area contributed by atoms with Gasteiger partial charge in [0.05, 0.1) is 5.56 Å². The summed E-state index contributed by atoms with van der Waals surface area (Å²) in [6.07, 6.45) is 1.09. The molecule has 186 valence electrons. The number of carbonyl (C=O) groups excluding carboxylic acids is 2. The molecule has 2 aromatic rings. The first-order valence-electron chi connectivity index (χ1n) is 12.1. The van der Waals surface area contributed by atoms with E-state index < -0.39 is 17.5 Å². The number of hydrogen-bond donors (Lipinski definition) is 0. The molecule has 5 rings (SSSR count). The standard InChI is InChI=1S/C26H29F2N3O4/c27-20-2-3-21(22(28)16-20)26(33)30-7-5-19(6-8-30)25(32)31-11-9-29(10-12-31)17-18-1-4-23-24(15-18)35-14-13-34-23/h1-4,15-16,19H,5-14,17H2. The van der Waals surface area contributed by atoms with Crippen LogP contribution in [0, 0.1) is 17.6 Å². The zero-order valence-electron chi connectivity index (χ0n) is 19.6. The van der Waals surface area contributed by atoms with Gasteiger partial charge in [-0.1, -0.05) is 6.07 Å². The first-order chi connectivity index (χ1) is 17.0. The van der Waals surface area contributed by atoms with Crippen LogP contribution in [0.3, 0.4) is 0 Å². The maximum Gasteiger partial charge on any atom is 0.256 e. The topological polar surface area (TPSA) is 62.3 Å². The van der Waals surface area contributed by atoms with Crippen molar-refractivity contribution < 1.29 is 27.8 Å². The van der Waals surface area contributed by atoms with Crippen LogP contribution in [-0.4, -0.2) is 79.0 Å². The van der Waals surface area contributed by atoms with E-state index in [1.807, 2.05) is 17.0 Å². The van der Waals surface area contributed by atoms with Gasteiger partial charge in [0.15, 0.2) is 11.5 Å². The third kappa shape index (κ3) is 5.24. The number of hydrogen-bond acceptors (Lipinski definition) is 5. The number of nitrogens with zero attached hydrogens (tertiary/aromatic N) is 3. The number of likely N-dealkylation sites (tertiary alicyclic amines) is 1. The van der Waals surface area contributed by atoms with E-state index in [0.29, 0.717) is 52.2 Å². The molecule has 0 aliphatic carbocycles. The van der Waals surface area contributed by atoms with Crippen LogP contribution in [0.4, 0.5) is 8.78 Å². The van der Waals surface area contributed by atoms with E-state index in [2.05, 4.69) is 11.0 Å². The second kappa shape index (κ2) is 10.2. The van der Waals surface area contributed by atoms with E-state index >= 15 is 0 Å². The largest absolute Gasteiger partial charge is 0.486 e. The fraction of sp³-hybridized carbons (Fsp3) is 0.462. The van der Waals surface area contributed by atoms with Crippen LogP contribution in [0.15, 0.2) is 36.4 Å². The molecule has 9 heteroatoms. The Kier molecular flexibility index (Phi) is 6.86. The third-order valence-electron chi connectivity index (χ3n) is 6.99. The van der Waals surface area contributed by atoms with Crippen molar-refractivity contribution in [2.75, 3.05) is 52.5 Å². The number of benzene rings is 2. The number of amides is 2. The molecule has 0 radical (unpaired) electrons. The number of ether oxygens (including phenoxy) is 2. The molecule has 2 fully saturated rings. The van der Waals surface area contributed by atoms with Crippen LogP contribution in [0.1, 0.15) is 28.8 Å². The van der Waals surface area contributed by atoms with Crippen LogP contribution in [0.2, 0.25) is 0 Å². The summed E-state index contributed by atoms with van der Waals surface area (Å²) in [6, 6.07) is 9.01. The zero-order chi connectivity index (χ0) is 24.4. The fourth-order valence-corrected chi connectivity index (χ4v) is 4.99. The summed E-state index contributed by atoms with van der Waals surface area (Å²) in [5, 5.41) is 0. The Morgan fingerprint density at radius 2 is 1.54 bits per heavy atom. The van der Waals surface area contributed by atoms with E-state index in [9.17, 15) is 18.4 Å². The van der Waals surface area contributed by atoms with Gasteiger partial charge in [0.1, 0.15) is 24.8 Å². The first-order valence-corrected chi connectivity index (χ1v) is 12.1. The minimum atomic E-state index is -0.859. The maximum atomic E-state index is 14.0. The highest BCUT2D eigenvalue weighted by Gasteiger charge is 2.32. The predicted octanol–water partition coefficient (Wildman–Crippen LogP) is 2.93. The van der Waals surface area contributed by atoms with Crippen molar-refractivity contribution in [3.63, 3.8) is 0 Å². The molecular weight excluding hydrogens is 456 g/mol. The number of rotatable bonds is 4. The number of carbonyl (C=O) groups is 2. The molecular formula is C26H29F2N3O4. The smallest absolute Gasteiger partial charge is 0.256 e. The van der Waals surface area contributed by atoms with Gasteiger partial charge in [-0.15, -0.1) is 0 Å². The van der Waals surface area contributed by atoms with Gasteiger partial charge >= 0.3 is 0 Å². The normalized spacial score (nSPS) is 19.0. The predicted molar refractivity (Wildman–Crippen MR) is 124 cm³/mol. The Bertz CT molecular complexity index is 1100. The molecule has 3 heterocycles. The summed E-state index contributed by atoms with van der Waals surface area (Å²) in [7, 11) is 0. The molecule has 35 heavy (non-hydrogen) atoms. The SMILES string of the molecule is O=C(c1ccc(F)cc1F)N1CCC(C(=O)N2CCN(Cc3ccc4c(c3)OCCO4)CC2)CC1. The van der Waals surface area contributed by atoms with Crippen molar-refractivity contribution >= 4 is 11.8 Å². The highest BCUT2D eigenvalue weighted by atomic mass is 19.1. The van der Waals surface area contributed by atoms with E-state index in [4.69, 9.17) is 9.47 Å². The van der Waals surface area contributed by atoms with Crippen LogP contribution in [0.5, 0.6) is 11.5 Å². The molecule has 0 saturated carbocycles. The average molecular weight is 486 g/mol. The molecule has 3 aliphatic heterocycles. The molecule has 0 unspecified atom stereocenters. The monoisotopic (exact) mass is 485 g/mol. The van der Waals surface area contributed by atoms with Crippen molar-refractivity contribution in [1.29, 1.82) is 0 Å². The summed E-state index contributed by atoms with van der Waals surface area (Å²) in [6.45, 7) is 5.62. The van der Waals surface area contributed by atoms with E-state index in [1.165, 1.54) is 6.07 Å². The Hall–Kier alpha value is -3.20. The van der Waals surface area contributed by atoms with Gasteiger partial charge in [0.2, 0.25) is 5.91 Å². The van der Waals surface area contributed by atoms with Crippen LogP contribution < -0.4 is 9.47 Å². The van der Waals surface area contributed by atoms with Crippen molar-refractivity contribution in [2.45, 2.75) is 19.4 Å². The Labute approximate surface area is 203 Å². The van der Waals surface area contributed by atoms with E-state index in [1.54, 1.807) is 4.90 Å². The zero-order valence-corrected chi connectivity index (χ0v) is 19.6. The molecule has 0 N–H and O–H groups in total. The van der Waals surface area contributed by atoms with Crippen LogP contribution in [-0.2, 0) is 11.3 Å². The summed E-state index contributed by atoms with van der Waals surface area (Å²) < 4.78 is 38.4. The van der Waals surface area contributed by atoms with Crippen molar-refractivity contribution in [1.82, 2.24) is 14.7 Å². The maximum absolute atomic E-state index is 14.0. The highest BCUT2D eigenvalue weighted by molar-refractivity contribution is 5.94. The van der Waals surface area contributed by atoms with E-state index in [-0.39, 0.29) is 17.4 Å². The van der Waals surface area contributed by atoms with Crippen molar-refractivity contribution in [3.05, 3.63) is 59.2 Å². The third-order valence-corrected chi connectivity index (χ3v) is 6.99. The second-order valence-electron chi connectivity index (χ2n) is 9.27. The van der Waals surface area contributed by atoms with Gasteiger partial charge in [-0.05, 0) is 42.7 Å². The summed E-state index contributed by atoms with van der Waals surface area (Å²) >= 11 is 0. The van der Waals surface area contributed by atoms with Crippen molar-refractivity contribution in [3.8, 4) is 11.5 Å². The summed E-state index contributed by atoms with van der Waals surface area (Å²) in [5.41, 5.74) is 1.02. The molecule has 0 bridgehead atoms. The number of piperazine rings is 1. The lowest BCUT2D eigenvalue weighted by Crippen LogP contribution is -2.51. The molecule has 7 nitrogen and oxygen atoms in total. The first kappa shape index (κ1) is 23.5. The van der Waals surface area contributed by atoms with Crippen LogP contribution in [0.25, 0.3) is 0 Å². The Morgan fingerprint density at radius 1 is 0.829 bits per heavy atom. The molecule has 2 amide bonds. The molecule has 0 aromatic heterocycles. The van der Waals surface area contributed by atoms with Gasteiger partial charge < -0.3 is 19.3 Å². The lowest BCUT2D eigenvalue weighted by atomic mass is 9.94. The summed E-state index contributed by atoms with van der Waals surface area (Å²) in [4.78, 5) is 31.5. The van der Waals surface area contributed by atoms with Gasteiger partial charge in [-0.2, -0.15) is 0 Å². The lowest BCUT2D eigenvalue weighted by molar-refractivity contribution is -0.138. The van der Waals surface area contributed by atoms with Gasteiger partial charge in [-0.25, -0.2) is 8.78 Å². The fourth-order valence-electron chi connectivity index (χ4n) is 4.99. The quantitative estimate of drug-likeness (QED) is 0.667. The lowest BCUT2D eigenvalue weighted by Gasteiger charge is -2.38. The average Bonchev–Trinajstić information content (AvgIpc) is 2.88. The summed E-state index contributed by atoms with van der Waals surface area (Å²) in [5.74, 6) is -0.468.